The Hall–Kier alpha value is -3.93. The maximum atomic E-state index is 12.3. The first-order valence-corrected chi connectivity index (χ1v) is 8.67. The summed E-state index contributed by atoms with van der Waals surface area (Å²) in [5, 5.41) is 3.00. The lowest BCUT2D eigenvalue weighted by Gasteiger charge is -2.01. The van der Waals surface area contributed by atoms with Crippen molar-refractivity contribution < 1.29 is 4.79 Å². The molecule has 2 aromatic carbocycles. The predicted molar refractivity (Wildman–Crippen MR) is 111 cm³/mol. The van der Waals surface area contributed by atoms with Crippen molar-refractivity contribution in [1.29, 1.82) is 0 Å². The number of hydrogen-bond acceptors (Lipinski definition) is 3. The number of benzene rings is 2. The molecule has 0 aliphatic carbocycles. The third-order valence-electron chi connectivity index (χ3n) is 3.88. The summed E-state index contributed by atoms with van der Waals surface area (Å²) >= 11 is 0. The lowest BCUT2D eigenvalue weighted by molar-refractivity contribution is -0.114. The van der Waals surface area contributed by atoms with E-state index in [0.29, 0.717) is 5.69 Å². The van der Waals surface area contributed by atoms with Crippen LogP contribution in [0.3, 0.4) is 0 Å². The van der Waals surface area contributed by atoms with Crippen LogP contribution < -0.4 is 27.1 Å². The fourth-order valence-electron chi connectivity index (χ4n) is 2.56. The first kappa shape index (κ1) is 18.8. The molecular weight excluding hydrogens is 354 g/mol. The van der Waals surface area contributed by atoms with Crippen LogP contribution in [0.15, 0.2) is 70.3 Å². The van der Waals surface area contributed by atoms with Gasteiger partial charge in [-0.2, -0.15) is 0 Å². The van der Waals surface area contributed by atoms with Crippen LogP contribution in [0.1, 0.15) is 18.1 Å². The van der Waals surface area contributed by atoms with Crippen molar-refractivity contribution in [1.82, 2.24) is 9.97 Å². The molecule has 0 spiro atoms. The normalized spacial score (nSPS) is 12.5. The van der Waals surface area contributed by atoms with E-state index in [1.807, 2.05) is 36.4 Å². The number of aromatic amines is 2. The van der Waals surface area contributed by atoms with Crippen LogP contribution in [0, 0.1) is 0 Å². The molecule has 0 radical (unpaired) electrons. The molecule has 3 aromatic rings. The van der Waals surface area contributed by atoms with E-state index in [1.165, 1.54) is 6.92 Å². The van der Waals surface area contributed by atoms with Crippen LogP contribution >= 0.6 is 0 Å². The molecule has 1 aromatic heterocycles. The molecule has 0 bridgehead atoms. The second kappa shape index (κ2) is 8.64. The highest BCUT2D eigenvalue weighted by atomic mass is 16.1. The Labute approximate surface area is 160 Å². The van der Waals surface area contributed by atoms with Crippen LogP contribution in [0.5, 0.6) is 0 Å². The van der Waals surface area contributed by atoms with Crippen LogP contribution in [0.25, 0.3) is 18.2 Å². The van der Waals surface area contributed by atoms with Gasteiger partial charge in [-0.25, -0.2) is 0 Å². The summed E-state index contributed by atoms with van der Waals surface area (Å²) in [6.07, 6.45) is 6.68. The number of anilines is 1. The molecule has 28 heavy (non-hydrogen) atoms. The molecule has 1 heterocycles. The molecule has 3 rings (SSSR count). The molecule has 140 valence electrons. The van der Waals surface area contributed by atoms with Gasteiger partial charge in [0, 0.05) is 12.6 Å². The zero-order valence-corrected chi connectivity index (χ0v) is 15.2. The highest BCUT2D eigenvalue weighted by molar-refractivity contribution is 5.88. The molecule has 3 N–H and O–H groups in total. The number of allylic oxidation sites excluding steroid dienone is 1. The molecule has 0 fully saturated rings. The summed E-state index contributed by atoms with van der Waals surface area (Å²) in [7, 11) is 0. The second-order valence-electron chi connectivity index (χ2n) is 6.12. The maximum absolute atomic E-state index is 12.3. The highest BCUT2D eigenvalue weighted by Gasteiger charge is 1.97. The Kier molecular flexibility index (Phi) is 5.81. The van der Waals surface area contributed by atoms with E-state index in [-0.39, 0.29) is 16.6 Å². The molecule has 0 atom stereocenters. The number of nitrogens with one attached hydrogen (secondary N) is 3. The number of carbonyl (C=O) groups excluding carboxylic acids is 1. The minimum atomic E-state index is -0.398. The van der Waals surface area contributed by atoms with Gasteiger partial charge in [0.2, 0.25) is 5.91 Å². The third-order valence-corrected chi connectivity index (χ3v) is 3.88. The predicted octanol–water partition coefficient (Wildman–Crippen LogP) is 1.34. The fraction of sp³-hybridized carbons (Fsp3) is 0.0455. The SMILES string of the molecule is CC(=O)Nc1ccc(/C=c2\[nH]c(=O)/c(=C/C=Cc3ccccc3)[nH]c2=O)cc1. The molecule has 0 unspecified atom stereocenters. The number of rotatable bonds is 4. The Morgan fingerprint density at radius 1 is 0.857 bits per heavy atom. The van der Waals surface area contributed by atoms with Crippen LogP contribution in [0.4, 0.5) is 5.69 Å². The van der Waals surface area contributed by atoms with E-state index in [0.717, 1.165) is 11.1 Å². The average molecular weight is 373 g/mol. The lowest BCUT2D eigenvalue weighted by Crippen LogP contribution is -2.46. The van der Waals surface area contributed by atoms with Gasteiger partial charge in [-0.3, -0.25) is 14.4 Å². The summed E-state index contributed by atoms with van der Waals surface area (Å²) in [4.78, 5) is 40.8. The van der Waals surface area contributed by atoms with Gasteiger partial charge in [-0.05, 0) is 35.4 Å². The first-order valence-electron chi connectivity index (χ1n) is 8.67. The van der Waals surface area contributed by atoms with Gasteiger partial charge in [0.05, 0.1) is 0 Å². The van der Waals surface area contributed by atoms with Crippen molar-refractivity contribution in [3.8, 4) is 0 Å². The first-order chi connectivity index (χ1) is 13.5. The van der Waals surface area contributed by atoms with Crippen LogP contribution in [-0.2, 0) is 4.79 Å². The zero-order chi connectivity index (χ0) is 19.9. The van der Waals surface area contributed by atoms with Gasteiger partial charge >= 0.3 is 0 Å². The van der Waals surface area contributed by atoms with Crippen LogP contribution in [0.2, 0.25) is 0 Å². The Morgan fingerprint density at radius 3 is 2.18 bits per heavy atom. The lowest BCUT2D eigenvalue weighted by atomic mass is 10.2. The second-order valence-corrected chi connectivity index (χ2v) is 6.12. The van der Waals surface area contributed by atoms with Gasteiger partial charge in [0.15, 0.2) is 0 Å². The molecule has 0 aliphatic rings. The van der Waals surface area contributed by atoms with Crippen molar-refractivity contribution in [3.63, 3.8) is 0 Å². The van der Waals surface area contributed by atoms with E-state index < -0.39 is 11.1 Å². The molecule has 0 saturated carbocycles. The van der Waals surface area contributed by atoms with Gasteiger partial charge in [-0.1, -0.05) is 54.6 Å². The van der Waals surface area contributed by atoms with Gasteiger partial charge in [-0.15, -0.1) is 0 Å². The largest absolute Gasteiger partial charge is 0.326 e. The minimum Gasteiger partial charge on any atom is -0.326 e. The monoisotopic (exact) mass is 373 g/mol. The van der Waals surface area contributed by atoms with Gasteiger partial charge in [0.1, 0.15) is 10.7 Å². The number of carbonyl (C=O) groups is 1. The summed E-state index contributed by atoms with van der Waals surface area (Å²) in [5.41, 5.74) is 1.58. The minimum absolute atomic E-state index is 0.154. The average Bonchev–Trinajstić information content (AvgIpc) is 2.67. The topological polar surface area (TPSA) is 94.8 Å². The van der Waals surface area contributed by atoms with E-state index in [4.69, 9.17) is 0 Å². The summed E-state index contributed by atoms with van der Waals surface area (Å²) in [6, 6.07) is 16.6. The molecule has 6 heteroatoms. The fourth-order valence-corrected chi connectivity index (χ4v) is 2.56. The molecule has 6 nitrogen and oxygen atoms in total. The highest BCUT2D eigenvalue weighted by Crippen LogP contribution is 2.09. The molecule has 1 amide bonds. The molecular formula is C22H19N3O3. The van der Waals surface area contributed by atoms with E-state index in [9.17, 15) is 14.4 Å². The Morgan fingerprint density at radius 2 is 1.50 bits per heavy atom. The van der Waals surface area contributed by atoms with Crippen LogP contribution in [-0.4, -0.2) is 15.9 Å². The quantitative estimate of drug-likeness (QED) is 0.644. The smallest absolute Gasteiger partial charge is 0.272 e. The summed E-state index contributed by atoms with van der Waals surface area (Å²) < 4.78 is 0. The van der Waals surface area contributed by atoms with Crippen molar-refractivity contribution in [2.45, 2.75) is 6.92 Å². The Balaban J connectivity index is 1.89. The number of H-pyrrole nitrogens is 2. The summed E-state index contributed by atoms with van der Waals surface area (Å²) in [5.74, 6) is -0.161. The number of hydrogen-bond donors (Lipinski definition) is 3. The van der Waals surface area contributed by atoms with E-state index >= 15 is 0 Å². The van der Waals surface area contributed by atoms with E-state index in [2.05, 4.69) is 15.3 Å². The Bertz CT molecular complexity index is 1240. The van der Waals surface area contributed by atoms with Crippen molar-refractivity contribution in [3.05, 3.63) is 103 Å². The third kappa shape index (κ3) is 5.04. The van der Waals surface area contributed by atoms with E-state index in [1.54, 1.807) is 42.5 Å². The van der Waals surface area contributed by atoms with Crippen molar-refractivity contribution in [2.75, 3.05) is 5.32 Å². The standard InChI is InChI=1S/C22H19N3O3/c1-15(26)23-18-12-10-17(11-13-18)14-20-22(28)24-19(21(27)25-20)9-5-8-16-6-3-2-4-7-16/h2-14H,1H3,(H,23,26)(H,24,28)(H,25,27)/b8-5?,19-9-,20-14-. The zero-order valence-electron chi connectivity index (χ0n) is 15.2. The van der Waals surface area contributed by atoms with Crippen molar-refractivity contribution in [2.24, 2.45) is 0 Å². The maximum Gasteiger partial charge on any atom is 0.272 e. The molecule has 0 saturated heterocycles. The molecule has 0 aliphatic heterocycles. The van der Waals surface area contributed by atoms with Gasteiger partial charge < -0.3 is 15.3 Å². The van der Waals surface area contributed by atoms with Crippen molar-refractivity contribution >= 4 is 29.8 Å². The summed E-state index contributed by atoms with van der Waals surface area (Å²) in [6.45, 7) is 1.43. The number of amides is 1. The van der Waals surface area contributed by atoms with Gasteiger partial charge in [0.25, 0.3) is 11.1 Å². The number of aromatic nitrogens is 2.